The summed E-state index contributed by atoms with van der Waals surface area (Å²) in [7, 11) is 0. The second-order valence-corrected chi connectivity index (χ2v) is 5.28. The van der Waals surface area contributed by atoms with Crippen molar-refractivity contribution in [3.05, 3.63) is 23.8 Å². The van der Waals surface area contributed by atoms with Crippen LogP contribution < -0.4 is 0 Å². The van der Waals surface area contributed by atoms with Crippen LogP contribution in [0, 0.1) is 11.8 Å². The third-order valence-electron chi connectivity index (χ3n) is 2.74. The van der Waals surface area contributed by atoms with Crippen molar-refractivity contribution in [2.75, 3.05) is 0 Å². The van der Waals surface area contributed by atoms with Gasteiger partial charge in [0.1, 0.15) is 5.76 Å². The largest absolute Gasteiger partial charge is 0.467 e. The van der Waals surface area contributed by atoms with Crippen LogP contribution in [0.2, 0.25) is 0 Å². The van der Waals surface area contributed by atoms with Crippen LogP contribution in [-0.4, -0.2) is 16.8 Å². The monoisotopic (exact) mass is 237 g/mol. The number of allylic oxidation sites excluding steroid dienone is 2. The first-order valence-corrected chi connectivity index (χ1v) is 6.26. The molecule has 1 rings (SSSR count). The normalized spacial score (nSPS) is 17.2. The number of carbonyl (C=O) groups is 1. The Morgan fingerprint density at radius 1 is 1.06 bits per heavy atom. The van der Waals surface area contributed by atoms with Gasteiger partial charge in [-0.1, -0.05) is 27.7 Å². The second-order valence-electron chi connectivity index (χ2n) is 5.28. The first-order chi connectivity index (χ1) is 7.86. The third-order valence-corrected chi connectivity index (χ3v) is 2.74. The molecule has 0 aliphatic carbocycles. The van der Waals surface area contributed by atoms with Gasteiger partial charge in [-0.15, -0.1) is 0 Å². The molecule has 0 aromatic carbocycles. The maximum absolute atomic E-state index is 12.1. The SMILES string of the molecule is CC(C)C1=C(C(C)C)N(C(C)C)C(=O)C=CO1. The van der Waals surface area contributed by atoms with E-state index in [1.807, 2.05) is 18.7 Å². The molecule has 0 saturated heterocycles. The van der Waals surface area contributed by atoms with Crippen molar-refractivity contribution in [1.82, 2.24) is 4.90 Å². The van der Waals surface area contributed by atoms with Gasteiger partial charge in [0, 0.05) is 18.0 Å². The standard InChI is InChI=1S/C14H23NO2/c1-9(2)13-14(10(3)4)17-8-7-12(16)15(13)11(5)6/h7-11H,1-6H3. The van der Waals surface area contributed by atoms with E-state index >= 15 is 0 Å². The number of hydrogen-bond acceptors (Lipinski definition) is 2. The molecule has 0 N–H and O–H groups in total. The zero-order valence-corrected chi connectivity index (χ0v) is 11.7. The lowest BCUT2D eigenvalue weighted by atomic mass is 10.0. The molecule has 1 amide bonds. The van der Waals surface area contributed by atoms with Gasteiger partial charge in [0.25, 0.3) is 5.91 Å². The molecule has 0 saturated carbocycles. The predicted octanol–water partition coefficient (Wildman–Crippen LogP) is 3.29. The van der Waals surface area contributed by atoms with Crippen LogP contribution in [0.5, 0.6) is 0 Å². The molecule has 0 radical (unpaired) electrons. The highest BCUT2D eigenvalue weighted by Crippen LogP contribution is 2.29. The van der Waals surface area contributed by atoms with Crippen LogP contribution >= 0.6 is 0 Å². The van der Waals surface area contributed by atoms with Gasteiger partial charge < -0.3 is 9.64 Å². The lowest BCUT2D eigenvalue weighted by Crippen LogP contribution is -2.37. The summed E-state index contributed by atoms with van der Waals surface area (Å²) < 4.78 is 5.63. The fraction of sp³-hybridized carbons (Fsp3) is 0.643. The van der Waals surface area contributed by atoms with Crippen molar-refractivity contribution in [3.63, 3.8) is 0 Å². The van der Waals surface area contributed by atoms with Gasteiger partial charge in [-0.3, -0.25) is 4.79 Å². The summed E-state index contributed by atoms with van der Waals surface area (Å²) in [6.07, 6.45) is 3.00. The summed E-state index contributed by atoms with van der Waals surface area (Å²) in [5.41, 5.74) is 1.00. The Bertz CT molecular complexity index is 351. The molecule has 3 nitrogen and oxygen atoms in total. The number of rotatable bonds is 3. The van der Waals surface area contributed by atoms with E-state index in [1.165, 1.54) is 12.3 Å². The molecule has 0 aromatic rings. The molecule has 0 atom stereocenters. The Morgan fingerprint density at radius 2 is 1.65 bits per heavy atom. The highest BCUT2D eigenvalue weighted by Gasteiger charge is 2.28. The summed E-state index contributed by atoms with van der Waals surface area (Å²) in [5, 5.41) is 0. The minimum absolute atomic E-state index is 0.000602. The van der Waals surface area contributed by atoms with Crippen LogP contribution in [0.4, 0.5) is 0 Å². The van der Waals surface area contributed by atoms with Gasteiger partial charge in [0.05, 0.1) is 12.0 Å². The first-order valence-electron chi connectivity index (χ1n) is 6.26. The molecule has 0 unspecified atom stereocenters. The number of carbonyl (C=O) groups excluding carboxylic acids is 1. The molecule has 17 heavy (non-hydrogen) atoms. The summed E-state index contributed by atoms with van der Waals surface area (Å²) in [6.45, 7) is 12.4. The number of nitrogens with zero attached hydrogens (tertiary/aromatic N) is 1. The van der Waals surface area contributed by atoms with E-state index < -0.39 is 0 Å². The van der Waals surface area contributed by atoms with Crippen molar-refractivity contribution >= 4 is 5.91 Å². The number of ether oxygens (including phenoxy) is 1. The zero-order chi connectivity index (χ0) is 13.2. The molecular weight excluding hydrogens is 214 g/mol. The molecular formula is C14H23NO2. The molecule has 0 aromatic heterocycles. The Labute approximate surface area is 104 Å². The van der Waals surface area contributed by atoms with E-state index in [1.54, 1.807) is 0 Å². The fourth-order valence-corrected chi connectivity index (χ4v) is 2.07. The molecule has 0 bridgehead atoms. The lowest BCUT2D eigenvalue weighted by molar-refractivity contribution is -0.126. The highest BCUT2D eigenvalue weighted by atomic mass is 16.5. The molecule has 1 aliphatic rings. The van der Waals surface area contributed by atoms with Gasteiger partial charge >= 0.3 is 0 Å². The Balaban J connectivity index is 3.33. The van der Waals surface area contributed by atoms with Crippen molar-refractivity contribution in [1.29, 1.82) is 0 Å². The maximum atomic E-state index is 12.1. The highest BCUT2D eigenvalue weighted by molar-refractivity contribution is 5.89. The Hall–Kier alpha value is -1.25. The van der Waals surface area contributed by atoms with Crippen molar-refractivity contribution in [2.24, 2.45) is 11.8 Å². The lowest BCUT2D eigenvalue weighted by Gasteiger charge is -2.31. The van der Waals surface area contributed by atoms with Gasteiger partial charge in [-0.05, 0) is 19.8 Å². The third kappa shape index (κ3) is 2.90. The fourth-order valence-electron chi connectivity index (χ4n) is 2.07. The quantitative estimate of drug-likeness (QED) is 0.753. The van der Waals surface area contributed by atoms with E-state index in [0.29, 0.717) is 0 Å². The zero-order valence-electron chi connectivity index (χ0n) is 11.7. The second kappa shape index (κ2) is 5.39. The van der Waals surface area contributed by atoms with Crippen LogP contribution in [0.15, 0.2) is 23.8 Å². The van der Waals surface area contributed by atoms with E-state index in [-0.39, 0.29) is 23.8 Å². The molecule has 1 heterocycles. The van der Waals surface area contributed by atoms with Crippen molar-refractivity contribution in [3.8, 4) is 0 Å². The van der Waals surface area contributed by atoms with Gasteiger partial charge in [-0.25, -0.2) is 0 Å². The van der Waals surface area contributed by atoms with Gasteiger partial charge in [0.2, 0.25) is 0 Å². The maximum Gasteiger partial charge on any atom is 0.254 e. The van der Waals surface area contributed by atoms with Crippen molar-refractivity contribution in [2.45, 2.75) is 47.6 Å². The molecule has 0 spiro atoms. The summed E-state index contributed by atoms with van der Waals surface area (Å²) >= 11 is 0. The average molecular weight is 237 g/mol. The van der Waals surface area contributed by atoms with Gasteiger partial charge in [0.15, 0.2) is 0 Å². The first kappa shape index (κ1) is 13.8. The van der Waals surface area contributed by atoms with E-state index in [9.17, 15) is 4.79 Å². The van der Waals surface area contributed by atoms with Crippen molar-refractivity contribution < 1.29 is 9.53 Å². The number of hydrogen-bond donors (Lipinski definition) is 0. The molecule has 96 valence electrons. The Kier molecular flexibility index (Phi) is 4.38. The topological polar surface area (TPSA) is 29.5 Å². The number of amides is 1. The van der Waals surface area contributed by atoms with E-state index in [4.69, 9.17) is 4.74 Å². The van der Waals surface area contributed by atoms with Crippen LogP contribution in [0.3, 0.4) is 0 Å². The van der Waals surface area contributed by atoms with E-state index in [2.05, 4.69) is 27.7 Å². The summed E-state index contributed by atoms with van der Waals surface area (Å²) in [6, 6.07) is 0.139. The van der Waals surface area contributed by atoms with Crippen LogP contribution in [0.25, 0.3) is 0 Å². The molecule has 0 fully saturated rings. The molecule has 1 aliphatic heterocycles. The summed E-state index contributed by atoms with van der Waals surface area (Å²) in [5.74, 6) is 1.43. The van der Waals surface area contributed by atoms with Crippen LogP contribution in [-0.2, 0) is 9.53 Å². The van der Waals surface area contributed by atoms with Crippen LogP contribution in [0.1, 0.15) is 41.5 Å². The smallest absolute Gasteiger partial charge is 0.254 e. The minimum Gasteiger partial charge on any atom is -0.467 e. The predicted molar refractivity (Wildman–Crippen MR) is 68.9 cm³/mol. The average Bonchev–Trinajstić information content (AvgIpc) is 2.36. The summed E-state index contributed by atoms with van der Waals surface area (Å²) in [4.78, 5) is 13.9. The van der Waals surface area contributed by atoms with Gasteiger partial charge in [-0.2, -0.15) is 0 Å². The minimum atomic E-state index is -0.000602. The van der Waals surface area contributed by atoms with E-state index in [0.717, 1.165) is 11.5 Å². The Morgan fingerprint density at radius 3 is 2.06 bits per heavy atom. The molecule has 3 heteroatoms.